The van der Waals surface area contributed by atoms with Gasteiger partial charge >= 0.3 is 0 Å². The largest absolute Gasteiger partial charge is 0.454 e. The third kappa shape index (κ3) is 1.81. The maximum Gasteiger partial charge on any atom is 0.277 e. The van der Waals surface area contributed by atoms with E-state index < -0.39 is 0 Å². The van der Waals surface area contributed by atoms with Gasteiger partial charge in [0.2, 0.25) is 6.79 Å². The Morgan fingerprint density at radius 3 is 3.00 bits per heavy atom. The van der Waals surface area contributed by atoms with Gasteiger partial charge in [0.05, 0.1) is 18.2 Å². The summed E-state index contributed by atoms with van der Waals surface area (Å²) in [5.74, 6) is 0.785. The van der Waals surface area contributed by atoms with E-state index in [-0.39, 0.29) is 12.7 Å². The van der Waals surface area contributed by atoms with Crippen molar-refractivity contribution in [2.24, 2.45) is 0 Å². The zero-order valence-electron chi connectivity index (χ0n) is 8.94. The van der Waals surface area contributed by atoms with Gasteiger partial charge in [0.25, 0.3) is 5.91 Å². The third-order valence-electron chi connectivity index (χ3n) is 2.65. The molecule has 2 heterocycles. The quantitative estimate of drug-likeness (QED) is 0.768. The molecule has 0 aromatic heterocycles. The number of ether oxygens (including phenoxy) is 2. The van der Waals surface area contributed by atoms with Crippen molar-refractivity contribution in [2.45, 2.75) is 6.42 Å². The molecule has 0 atom stereocenters. The highest BCUT2D eigenvalue weighted by Gasteiger charge is 2.25. The summed E-state index contributed by atoms with van der Waals surface area (Å²) in [4.78, 5) is 17.2. The summed E-state index contributed by atoms with van der Waals surface area (Å²) in [6.07, 6.45) is 0.851. The van der Waals surface area contributed by atoms with Crippen LogP contribution in [-0.4, -0.2) is 30.9 Å². The number of hydrogen-bond acceptors (Lipinski definition) is 4. The topological polar surface area (TPSA) is 48.0 Å². The molecule has 1 amide bonds. The van der Waals surface area contributed by atoms with Gasteiger partial charge in [0, 0.05) is 5.56 Å². The molecule has 2 aliphatic heterocycles. The van der Waals surface area contributed by atoms with Crippen molar-refractivity contribution >= 4 is 17.5 Å². The fourth-order valence-corrected chi connectivity index (χ4v) is 2.11. The van der Waals surface area contributed by atoms with Gasteiger partial charge in [-0.3, -0.25) is 9.63 Å². The average molecular weight is 256 g/mol. The number of rotatable bonds is 1. The lowest BCUT2D eigenvalue weighted by Gasteiger charge is -2.14. The predicted octanol–water partition coefficient (Wildman–Crippen LogP) is 1.85. The molecule has 0 radical (unpaired) electrons. The van der Waals surface area contributed by atoms with Gasteiger partial charge in [-0.1, -0.05) is 11.6 Å². The molecule has 0 saturated carbocycles. The lowest BCUT2D eigenvalue weighted by Crippen LogP contribution is -2.26. The van der Waals surface area contributed by atoms with Crippen LogP contribution in [0, 0.1) is 0 Å². The molecule has 2 aliphatic rings. The Balaban J connectivity index is 1.93. The van der Waals surface area contributed by atoms with E-state index in [4.69, 9.17) is 25.9 Å². The number of nitrogens with zero attached hydrogens (tertiary/aromatic N) is 1. The number of benzene rings is 1. The van der Waals surface area contributed by atoms with Crippen LogP contribution < -0.4 is 9.47 Å². The molecule has 17 heavy (non-hydrogen) atoms. The summed E-state index contributed by atoms with van der Waals surface area (Å²) in [5.41, 5.74) is 0.446. The Morgan fingerprint density at radius 2 is 2.24 bits per heavy atom. The first-order valence-electron chi connectivity index (χ1n) is 5.29. The second-order valence-corrected chi connectivity index (χ2v) is 4.19. The van der Waals surface area contributed by atoms with Gasteiger partial charge < -0.3 is 9.47 Å². The van der Waals surface area contributed by atoms with E-state index in [1.807, 2.05) is 0 Å². The minimum atomic E-state index is -0.206. The van der Waals surface area contributed by atoms with Crippen molar-refractivity contribution in [3.05, 3.63) is 22.7 Å². The second kappa shape index (κ2) is 4.09. The average Bonchev–Trinajstić information content (AvgIpc) is 2.98. The van der Waals surface area contributed by atoms with E-state index >= 15 is 0 Å². The van der Waals surface area contributed by atoms with Crippen LogP contribution in [0.1, 0.15) is 16.8 Å². The molecule has 1 aromatic rings. The number of fused-ring (bicyclic) bond motifs is 1. The normalized spacial score (nSPS) is 17.6. The molecule has 0 aliphatic carbocycles. The highest BCUT2D eigenvalue weighted by atomic mass is 35.5. The van der Waals surface area contributed by atoms with E-state index in [0.717, 1.165) is 6.42 Å². The first kappa shape index (κ1) is 10.7. The Bertz CT molecular complexity index is 471. The Morgan fingerprint density at radius 1 is 1.35 bits per heavy atom. The van der Waals surface area contributed by atoms with Gasteiger partial charge in [-0.05, 0) is 18.6 Å². The van der Waals surface area contributed by atoms with E-state index in [0.29, 0.717) is 35.2 Å². The molecule has 1 aromatic carbocycles. The van der Waals surface area contributed by atoms with Crippen LogP contribution in [0.15, 0.2) is 12.1 Å². The standard InChI is InChI=1S/C11H10ClNO4/c12-8-4-7(5-9-10(8)16-6-15-9)11(14)13-2-1-3-17-13/h4-5H,1-3,6H2. The maximum atomic E-state index is 12.0. The molecule has 1 saturated heterocycles. The minimum absolute atomic E-state index is 0.132. The molecule has 1 fully saturated rings. The molecule has 5 nitrogen and oxygen atoms in total. The van der Waals surface area contributed by atoms with Crippen LogP contribution in [0.3, 0.4) is 0 Å². The van der Waals surface area contributed by atoms with E-state index in [1.165, 1.54) is 5.06 Å². The first-order valence-corrected chi connectivity index (χ1v) is 5.67. The van der Waals surface area contributed by atoms with Crippen LogP contribution in [0.2, 0.25) is 5.02 Å². The monoisotopic (exact) mass is 255 g/mol. The number of carbonyl (C=O) groups is 1. The van der Waals surface area contributed by atoms with Crippen molar-refractivity contribution in [2.75, 3.05) is 19.9 Å². The van der Waals surface area contributed by atoms with Crippen molar-refractivity contribution < 1.29 is 19.1 Å². The molecule has 0 unspecified atom stereocenters. The summed E-state index contributed by atoms with van der Waals surface area (Å²) in [6, 6.07) is 3.19. The molecule has 0 bridgehead atoms. The lowest BCUT2D eigenvalue weighted by atomic mass is 10.2. The third-order valence-corrected chi connectivity index (χ3v) is 2.93. The molecule has 3 rings (SSSR count). The minimum Gasteiger partial charge on any atom is -0.454 e. The van der Waals surface area contributed by atoms with Crippen LogP contribution >= 0.6 is 11.6 Å². The highest BCUT2D eigenvalue weighted by molar-refractivity contribution is 6.32. The van der Waals surface area contributed by atoms with Crippen molar-refractivity contribution in [3.8, 4) is 11.5 Å². The van der Waals surface area contributed by atoms with Gasteiger partial charge in [-0.2, -0.15) is 0 Å². The number of halogens is 1. The summed E-state index contributed by atoms with van der Waals surface area (Å²) in [7, 11) is 0. The zero-order valence-corrected chi connectivity index (χ0v) is 9.70. The summed E-state index contributed by atoms with van der Waals surface area (Å²) in [6.45, 7) is 1.31. The second-order valence-electron chi connectivity index (χ2n) is 3.79. The number of hydrogen-bond donors (Lipinski definition) is 0. The van der Waals surface area contributed by atoms with Gasteiger partial charge in [-0.15, -0.1) is 0 Å². The van der Waals surface area contributed by atoms with Crippen LogP contribution in [0.25, 0.3) is 0 Å². The van der Waals surface area contributed by atoms with Gasteiger partial charge in [0.15, 0.2) is 11.5 Å². The van der Waals surface area contributed by atoms with Crippen LogP contribution in [-0.2, 0) is 4.84 Å². The number of amides is 1. The van der Waals surface area contributed by atoms with E-state index in [9.17, 15) is 4.79 Å². The molecule has 0 N–H and O–H groups in total. The lowest BCUT2D eigenvalue weighted by molar-refractivity contribution is -0.0768. The first-order chi connectivity index (χ1) is 8.25. The van der Waals surface area contributed by atoms with Gasteiger partial charge in [-0.25, -0.2) is 5.06 Å². The van der Waals surface area contributed by atoms with Crippen molar-refractivity contribution in [1.82, 2.24) is 5.06 Å². The SMILES string of the molecule is O=C(c1cc(Cl)c2c(c1)OCO2)N1CCCO1. The van der Waals surface area contributed by atoms with Crippen LogP contribution in [0.4, 0.5) is 0 Å². The smallest absolute Gasteiger partial charge is 0.277 e. The maximum absolute atomic E-state index is 12.0. The van der Waals surface area contributed by atoms with E-state index in [1.54, 1.807) is 12.1 Å². The molecule has 6 heteroatoms. The number of carbonyl (C=O) groups excluding carboxylic acids is 1. The molecular weight excluding hydrogens is 246 g/mol. The Hall–Kier alpha value is -1.46. The zero-order chi connectivity index (χ0) is 11.8. The molecule has 0 spiro atoms. The van der Waals surface area contributed by atoms with E-state index in [2.05, 4.69) is 0 Å². The van der Waals surface area contributed by atoms with Gasteiger partial charge in [0.1, 0.15) is 0 Å². The summed E-state index contributed by atoms with van der Waals surface area (Å²) < 4.78 is 10.4. The van der Waals surface area contributed by atoms with Crippen molar-refractivity contribution in [1.29, 1.82) is 0 Å². The fourth-order valence-electron chi connectivity index (χ4n) is 1.84. The Kier molecular flexibility index (Phi) is 2.57. The number of hydroxylamine groups is 2. The highest BCUT2D eigenvalue weighted by Crippen LogP contribution is 2.40. The van der Waals surface area contributed by atoms with Crippen LogP contribution in [0.5, 0.6) is 11.5 Å². The molecular formula is C11H10ClNO4. The fraction of sp³-hybridized carbons (Fsp3) is 0.364. The molecule has 90 valence electrons. The summed E-state index contributed by atoms with van der Waals surface area (Å²) in [5, 5.41) is 1.72. The van der Waals surface area contributed by atoms with Crippen molar-refractivity contribution in [3.63, 3.8) is 0 Å². The predicted molar refractivity (Wildman–Crippen MR) is 59.2 cm³/mol. The summed E-state index contributed by atoms with van der Waals surface area (Å²) >= 11 is 6.01. The Labute approximate surface area is 103 Å².